The number of para-hydroxylation sites is 1. The molecule has 0 fully saturated rings. The Hall–Kier alpha value is -3.36. The van der Waals surface area contributed by atoms with E-state index in [1.54, 1.807) is 36.4 Å². The van der Waals surface area contributed by atoms with Crippen LogP contribution >= 0.6 is 11.6 Å². The molecule has 0 saturated heterocycles. The van der Waals surface area contributed by atoms with Crippen LogP contribution in [0, 0.1) is 13.8 Å². The average molecular weight is 542 g/mol. The molecule has 0 aliphatic rings. The first kappa shape index (κ1) is 28.2. The number of carbonyl (C=O) groups is 2. The van der Waals surface area contributed by atoms with Crippen LogP contribution < -0.4 is 9.62 Å². The number of hydrogen-bond acceptors (Lipinski definition) is 4. The van der Waals surface area contributed by atoms with E-state index in [2.05, 4.69) is 5.32 Å². The third-order valence-corrected chi connectivity index (χ3v) is 8.34. The molecule has 2 amide bonds. The predicted octanol–water partition coefficient (Wildman–Crippen LogP) is 4.71. The highest BCUT2D eigenvalue weighted by Crippen LogP contribution is 2.31. The maximum Gasteiger partial charge on any atom is 0.264 e. The quantitative estimate of drug-likeness (QED) is 0.403. The average Bonchev–Trinajstić information content (AvgIpc) is 2.88. The highest BCUT2D eigenvalue weighted by atomic mass is 35.5. The molecule has 1 N–H and O–H groups in total. The molecule has 196 valence electrons. The molecule has 3 aromatic carbocycles. The number of carbonyl (C=O) groups excluding carboxylic acids is 2. The van der Waals surface area contributed by atoms with Crippen molar-refractivity contribution in [3.05, 3.63) is 94.5 Å². The topological polar surface area (TPSA) is 86.8 Å². The lowest BCUT2D eigenvalue weighted by Crippen LogP contribution is -2.51. The fourth-order valence-electron chi connectivity index (χ4n) is 4.06. The fourth-order valence-corrected chi connectivity index (χ4v) is 5.78. The molecule has 3 rings (SSSR count). The molecule has 0 heterocycles. The van der Waals surface area contributed by atoms with Crippen molar-refractivity contribution in [1.82, 2.24) is 10.2 Å². The van der Waals surface area contributed by atoms with Gasteiger partial charge in [-0.05, 0) is 55.7 Å². The summed E-state index contributed by atoms with van der Waals surface area (Å²) in [4.78, 5) is 28.1. The van der Waals surface area contributed by atoms with Gasteiger partial charge in [0.15, 0.2) is 0 Å². The zero-order chi connectivity index (χ0) is 27.2. The number of benzene rings is 3. The van der Waals surface area contributed by atoms with E-state index in [4.69, 9.17) is 11.6 Å². The largest absolute Gasteiger partial charge is 0.357 e. The summed E-state index contributed by atoms with van der Waals surface area (Å²) < 4.78 is 28.6. The monoisotopic (exact) mass is 541 g/mol. The van der Waals surface area contributed by atoms with Crippen LogP contribution in [0.5, 0.6) is 0 Å². The van der Waals surface area contributed by atoms with Crippen molar-refractivity contribution in [3.8, 4) is 0 Å². The second-order valence-corrected chi connectivity index (χ2v) is 11.0. The Bertz CT molecular complexity index is 1360. The zero-order valence-electron chi connectivity index (χ0n) is 21.4. The van der Waals surface area contributed by atoms with E-state index in [9.17, 15) is 18.0 Å². The Morgan fingerprint density at radius 1 is 0.946 bits per heavy atom. The van der Waals surface area contributed by atoms with Gasteiger partial charge in [-0.3, -0.25) is 13.9 Å². The van der Waals surface area contributed by atoms with Crippen molar-refractivity contribution in [1.29, 1.82) is 0 Å². The summed E-state index contributed by atoms with van der Waals surface area (Å²) in [6, 6.07) is 19.7. The Labute approximate surface area is 224 Å². The molecule has 3 aromatic rings. The van der Waals surface area contributed by atoms with Gasteiger partial charge in [-0.2, -0.15) is 0 Å². The number of amides is 2. The number of sulfonamides is 1. The third-order valence-electron chi connectivity index (χ3n) is 6.24. The molecule has 37 heavy (non-hydrogen) atoms. The van der Waals surface area contributed by atoms with Crippen LogP contribution in [0.1, 0.15) is 30.0 Å². The lowest BCUT2D eigenvalue weighted by atomic mass is 10.1. The van der Waals surface area contributed by atoms with Gasteiger partial charge < -0.3 is 10.2 Å². The second kappa shape index (κ2) is 12.3. The molecule has 0 aliphatic heterocycles. The number of hydrogen-bond donors (Lipinski definition) is 1. The molecule has 0 radical (unpaired) electrons. The number of halogens is 1. The Morgan fingerprint density at radius 3 is 2.16 bits per heavy atom. The highest BCUT2D eigenvalue weighted by molar-refractivity contribution is 7.92. The Morgan fingerprint density at radius 2 is 1.57 bits per heavy atom. The number of rotatable bonds is 10. The minimum atomic E-state index is -4.16. The van der Waals surface area contributed by atoms with E-state index in [1.807, 2.05) is 45.0 Å². The maximum atomic E-state index is 13.9. The van der Waals surface area contributed by atoms with Gasteiger partial charge in [-0.1, -0.05) is 72.6 Å². The van der Waals surface area contributed by atoms with Crippen molar-refractivity contribution in [2.24, 2.45) is 0 Å². The summed E-state index contributed by atoms with van der Waals surface area (Å²) in [5, 5.41) is 2.81. The van der Waals surface area contributed by atoms with E-state index in [-0.39, 0.29) is 28.1 Å². The zero-order valence-corrected chi connectivity index (χ0v) is 23.0. The van der Waals surface area contributed by atoms with Gasteiger partial charge in [0.2, 0.25) is 11.8 Å². The van der Waals surface area contributed by atoms with E-state index in [0.717, 1.165) is 21.0 Å². The SMILES string of the molecule is CC[C@H](C(=O)NC)N(Cc1ccccc1C)C(=O)CN(c1ccccc1Cl)S(=O)(=O)c1ccc(C)cc1. The number of nitrogens with zero attached hydrogens (tertiary/aromatic N) is 2. The molecule has 1 atom stereocenters. The van der Waals surface area contributed by atoms with Gasteiger partial charge in [0, 0.05) is 13.6 Å². The molecule has 0 bridgehead atoms. The molecule has 9 heteroatoms. The highest BCUT2D eigenvalue weighted by Gasteiger charge is 2.34. The molecular formula is C28H32ClN3O4S. The number of nitrogens with one attached hydrogen (secondary N) is 1. The van der Waals surface area contributed by atoms with Gasteiger partial charge in [-0.25, -0.2) is 8.42 Å². The molecular weight excluding hydrogens is 510 g/mol. The number of anilines is 1. The fraction of sp³-hybridized carbons (Fsp3) is 0.286. The van der Waals surface area contributed by atoms with Crippen LogP contribution in [0.3, 0.4) is 0 Å². The summed E-state index contributed by atoms with van der Waals surface area (Å²) >= 11 is 6.42. The molecule has 0 aromatic heterocycles. The van der Waals surface area contributed by atoms with Gasteiger partial charge in [0.05, 0.1) is 15.6 Å². The molecule has 7 nitrogen and oxygen atoms in total. The first-order valence-corrected chi connectivity index (χ1v) is 13.8. The normalized spacial score (nSPS) is 12.0. The van der Waals surface area contributed by atoms with Crippen LogP contribution in [0.15, 0.2) is 77.7 Å². The second-order valence-electron chi connectivity index (χ2n) is 8.76. The van der Waals surface area contributed by atoms with Gasteiger partial charge >= 0.3 is 0 Å². The first-order chi connectivity index (χ1) is 17.6. The van der Waals surface area contributed by atoms with Crippen LogP contribution in [0.25, 0.3) is 0 Å². The predicted molar refractivity (Wildman–Crippen MR) is 147 cm³/mol. The van der Waals surface area contributed by atoms with Crippen LogP contribution in [0.2, 0.25) is 5.02 Å². The smallest absolute Gasteiger partial charge is 0.264 e. The van der Waals surface area contributed by atoms with Crippen molar-refractivity contribution in [3.63, 3.8) is 0 Å². The number of aryl methyl sites for hydroxylation is 2. The summed E-state index contributed by atoms with van der Waals surface area (Å²) in [5.74, 6) is -0.843. The molecule has 0 saturated carbocycles. The lowest BCUT2D eigenvalue weighted by Gasteiger charge is -2.33. The van der Waals surface area contributed by atoms with Crippen molar-refractivity contribution < 1.29 is 18.0 Å². The van der Waals surface area contributed by atoms with Crippen LogP contribution in [-0.4, -0.2) is 44.8 Å². The van der Waals surface area contributed by atoms with Crippen molar-refractivity contribution in [2.45, 2.75) is 44.7 Å². The summed E-state index contributed by atoms with van der Waals surface area (Å²) in [6.45, 7) is 5.22. The van der Waals surface area contributed by atoms with E-state index in [1.165, 1.54) is 24.1 Å². The van der Waals surface area contributed by atoms with Crippen molar-refractivity contribution in [2.75, 3.05) is 17.9 Å². The van der Waals surface area contributed by atoms with E-state index < -0.39 is 28.5 Å². The van der Waals surface area contributed by atoms with Crippen molar-refractivity contribution >= 4 is 39.1 Å². The van der Waals surface area contributed by atoms with E-state index in [0.29, 0.717) is 6.42 Å². The van der Waals surface area contributed by atoms with Gasteiger partial charge in [0.25, 0.3) is 10.0 Å². The third kappa shape index (κ3) is 6.50. The Kier molecular flexibility index (Phi) is 9.34. The summed E-state index contributed by atoms with van der Waals surface area (Å²) in [5.41, 5.74) is 2.91. The maximum absolute atomic E-state index is 13.9. The van der Waals surface area contributed by atoms with Crippen LogP contribution in [0.4, 0.5) is 5.69 Å². The number of likely N-dealkylation sites (N-methyl/N-ethyl adjacent to an activating group) is 1. The minimum absolute atomic E-state index is 0.0367. The molecule has 0 spiro atoms. The van der Waals surface area contributed by atoms with Gasteiger partial charge in [0.1, 0.15) is 12.6 Å². The standard InChI is InChI=1S/C28H32ClN3O4S/c1-5-25(28(34)30-4)31(18-22-11-7-6-10-21(22)3)27(33)19-32(26-13-9-8-12-24(26)29)37(35,36)23-16-14-20(2)15-17-23/h6-17,25H,5,18-19H2,1-4H3,(H,30,34)/t25-/m1/s1. The Balaban J connectivity index is 2.08. The van der Waals surface area contributed by atoms with E-state index >= 15 is 0 Å². The molecule has 0 aliphatic carbocycles. The summed E-state index contributed by atoms with van der Waals surface area (Å²) in [6.07, 6.45) is 0.355. The van der Waals surface area contributed by atoms with Gasteiger partial charge in [-0.15, -0.1) is 0 Å². The first-order valence-electron chi connectivity index (χ1n) is 12.0. The molecule has 0 unspecified atom stereocenters. The lowest BCUT2D eigenvalue weighted by molar-refractivity contribution is -0.140. The minimum Gasteiger partial charge on any atom is -0.357 e. The summed E-state index contributed by atoms with van der Waals surface area (Å²) in [7, 11) is -2.65. The van der Waals surface area contributed by atoms with Crippen LogP contribution in [-0.2, 0) is 26.2 Å².